The van der Waals surface area contributed by atoms with Gasteiger partial charge >= 0.3 is 0 Å². The third-order valence-electron chi connectivity index (χ3n) is 7.90. The number of fused-ring (bicyclic) bond motifs is 3. The molecule has 1 aliphatic rings. The minimum absolute atomic E-state index is 0. The first-order valence-corrected chi connectivity index (χ1v) is 11.5. The Morgan fingerprint density at radius 3 is 2.29 bits per heavy atom. The van der Waals surface area contributed by atoms with Crippen LogP contribution in [0, 0.1) is 25.9 Å². The van der Waals surface area contributed by atoms with Crippen LogP contribution < -0.4 is 4.57 Å². The van der Waals surface area contributed by atoms with Crippen molar-refractivity contribution in [2.45, 2.75) is 52.3 Å². The van der Waals surface area contributed by atoms with E-state index in [2.05, 4.69) is 77.1 Å². The second kappa shape index (κ2) is 8.85. The van der Waals surface area contributed by atoms with Gasteiger partial charge in [-0.1, -0.05) is 51.0 Å². The van der Waals surface area contributed by atoms with Crippen LogP contribution in [0.15, 0.2) is 66.9 Å². The summed E-state index contributed by atoms with van der Waals surface area (Å²) in [6, 6.07) is 27.8. The first-order valence-electron chi connectivity index (χ1n) is 13.0. The number of aromatic nitrogens is 1. The molecule has 34 heavy (non-hydrogen) atoms. The average molecular weight is 523 g/mol. The van der Waals surface area contributed by atoms with E-state index >= 15 is 0 Å². The van der Waals surface area contributed by atoms with Crippen molar-refractivity contribution in [2.24, 2.45) is 7.05 Å². The minimum Gasteiger partial charge on any atom is -0.209 e. The van der Waals surface area contributed by atoms with Crippen molar-refractivity contribution >= 4 is 0 Å². The Morgan fingerprint density at radius 2 is 1.62 bits per heavy atom. The Bertz CT molecular complexity index is 1480. The van der Waals surface area contributed by atoms with E-state index in [-0.39, 0.29) is 43.5 Å². The molecule has 4 aromatic rings. The molecule has 1 radical (unpaired) electrons. The summed E-state index contributed by atoms with van der Waals surface area (Å²) in [6.07, 6.45) is 1.72. The molecule has 0 N–H and O–H groups in total. The van der Waals surface area contributed by atoms with Crippen LogP contribution in [0.4, 0.5) is 0 Å². The SMILES string of the molecule is [2H]C([2H])([2H])c1ccc(-c2cc3c(cc2C)C(C)(C)C(C)(C)c2ccc(-c4[c-]cccc4)[c-]c2-3)[n+](C)c1.[Y]. The summed E-state index contributed by atoms with van der Waals surface area (Å²) in [7, 11) is 1.92. The van der Waals surface area contributed by atoms with Gasteiger partial charge in [-0.2, -0.15) is 42.0 Å². The van der Waals surface area contributed by atoms with Crippen LogP contribution in [0.2, 0.25) is 0 Å². The normalized spacial score (nSPS) is 16.8. The summed E-state index contributed by atoms with van der Waals surface area (Å²) in [5.41, 5.74) is 10.4. The standard InChI is InChI=1S/C32H32N.Y/c1-21-13-16-30(33(7)20-21)25-19-27-26-18-24(23-11-9-8-10-12-23)14-15-28(26)31(3,4)32(5,6)29(27)17-22(25)2;/h8-11,13-17,19-20H,1-7H3;/q-1;/i1D3;. The summed E-state index contributed by atoms with van der Waals surface area (Å²) < 4.78 is 25.3. The van der Waals surface area contributed by atoms with Gasteiger partial charge in [0, 0.05) is 54.0 Å². The van der Waals surface area contributed by atoms with Crippen molar-refractivity contribution in [1.82, 2.24) is 0 Å². The van der Waals surface area contributed by atoms with Crippen molar-refractivity contribution in [1.29, 1.82) is 0 Å². The van der Waals surface area contributed by atoms with E-state index < -0.39 is 6.85 Å². The summed E-state index contributed by atoms with van der Waals surface area (Å²) in [5.74, 6) is 0. The van der Waals surface area contributed by atoms with Gasteiger partial charge in [0.2, 0.25) is 5.69 Å². The number of hydrogen-bond acceptors (Lipinski definition) is 0. The van der Waals surface area contributed by atoms with Gasteiger partial charge < -0.3 is 0 Å². The molecule has 1 nitrogen and oxygen atoms in total. The fraction of sp³-hybridized carbons (Fsp3) is 0.281. The van der Waals surface area contributed by atoms with Gasteiger partial charge in [-0.15, -0.1) is 23.3 Å². The smallest absolute Gasteiger partial charge is 0.209 e. The van der Waals surface area contributed by atoms with Gasteiger partial charge in [0.25, 0.3) is 0 Å². The quantitative estimate of drug-likeness (QED) is 0.192. The molecule has 1 aliphatic carbocycles. The first-order chi connectivity index (χ1) is 16.8. The largest absolute Gasteiger partial charge is 0.211 e. The molecule has 1 aromatic heterocycles. The molecule has 2 heteroatoms. The summed E-state index contributed by atoms with van der Waals surface area (Å²) in [5, 5.41) is 0. The van der Waals surface area contributed by atoms with E-state index in [1.165, 1.54) is 22.3 Å². The summed E-state index contributed by atoms with van der Waals surface area (Å²) in [6.45, 7) is 9.33. The van der Waals surface area contributed by atoms with Crippen LogP contribution in [0.1, 0.15) is 54.1 Å². The molecule has 0 amide bonds. The van der Waals surface area contributed by atoms with Gasteiger partial charge in [0.1, 0.15) is 7.05 Å². The molecule has 169 valence electrons. The molecule has 0 saturated heterocycles. The molecular weight excluding hydrogens is 487 g/mol. The Kier molecular flexibility index (Phi) is 5.52. The first kappa shape index (κ1) is 21.2. The Balaban J connectivity index is 0.00000320. The monoisotopic (exact) mass is 522 g/mol. The Labute approximate surface area is 234 Å². The molecular formula is C32H32NY-. The second-order valence-electron chi connectivity index (χ2n) is 10.3. The number of aryl methyl sites for hydroxylation is 3. The van der Waals surface area contributed by atoms with Gasteiger partial charge in [0.05, 0.1) is 0 Å². The maximum atomic E-state index is 7.78. The zero-order valence-electron chi connectivity index (χ0n) is 23.9. The predicted octanol–water partition coefficient (Wildman–Crippen LogP) is 7.30. The van der Waals surface area contributed by atoms with Crippen LogP contribution in [0.3, 0.4) is 0 Å². The number of nitrogens with zero attached hydrogens (tertiary/aromatic N) is 1. The van der Waals surface area contributed by atoms with E-state index in [1.54, 1.807) is 12.3 Å². The second-order valence-corrected chi connectivity index (χ2v) is 10.3. The van der Waals surface area contributed by atoms with Crippen molar-refractivity contribution in [3.8, 4) is 33.5 Å². The molecule has 0 fully saturated rings. The number of pyridine rings is 1. The van der Waals surface area contributed by atoms with Gasteiger partial charge in [0.15, 0.2) is 6.20 Å². The summed E-state index contributed by atoms with van der Waals surface area (Å²) in [4.78, 5) is 0. The van der Waals surface area contributed by atoms with Crippen LogP contribution in [0.5, 0.6) is 0 Å². The zero-order valence-corrected chi connectivity index (χ0v) is 23.7. The molecule has 0 aliphatic heterocycles. The molecule has 5 rings (SSSR count). The van der Waals surface area contributed by atoms with Crippen LogP contribution in [-0.4, -0.2) is 0 Å². The summed E-state index contributed by atoms with van der Waals surface area (Å²) >= 11 is 0. The van der Waals surface area contributed by atoms with E-state index in [9.17, 15) is 0 Å². The number of hydrogen-bond donors (Lipinski definition) is 0. The van der Waals surface area contributed by atoms with Gasteiger partial charge in [-0.25, -0.2) is 10.1 Å². The maximum absolute atomic E-state index is 7.78. The van der Waals surface area contributed by atoms with Crippen LogP contribution in [0.25, 0.3) is 33.5 Å². The molecule has 3 aromatic carbocycles. The van der Waals surface area contributed by atoms with Crippen molar-refractivity contribution in [2.75, 3.05) is 0 Å². The topological polar surface area (TPSA) is 3.88 Å². The van der Waals surface area contributed by atoms with Crippen LogP contribution in [-0.2, 0) is 50.6 Å². The fourth-order valence-electron chi connectivity index (χ4n) is 5.21. The molecule has 1 heterocycles. The van der Waals surface area contributed by atoms with Crippen molar-refractivity contribution in [3.63, 3.8) is 0 Å². The fourth-order valence-corrected chi connectivity index (χ4v) is 5.21. The average Bonchev–Trinajstić information content (AvgIpc) is 2.83. The van der Waals surface area contributed by atoms with Gasteiger partial charge in [-0.05, 0) is 36.2 Å². The zero-order chi connectivity index (χ0) is 26.0. The van der Waals surface area contributed by atoms with Crippen molar-refractivity contribution in [3.05, 3.63) is 101 Å². The third kappa shape index (κ3) is 3.82. The molecule has 0 spiro atoms. The third-order valence-corrected chi connectivity index (χ3v) is 7.90. The Morgan fingerprint density at radius 1 is 0.853 bits per heavy atom. The minimum atomic E-state index is -2.13. The van der Waals surface area contributed by atoms with E-state index in [0.29, 0.717) is 5.56 Å². The van der Waals surface area contributed by atoms with E-state index in [4.69, 9.17) is 4.11 Å². The molecule has 0 saturated carbocycles. The number of benzene rings is 3. The van der Waals surface area contributed by atoms with Crippen molar-refractivity contribution < 1.29 is 41.4 Å². The number of rotatable bonds is 2. The maximum Gasteiger partial charge on any atom is 0.211 e. The van der Waals surface area contributed by atoms with Gasteiger partial charge in [-0.3, -0.25) is 0 Å². The molecule has 0 bridgehead atoms. The van der Waals surface area contributed by atoms with E-state index in [0.717, 1.165) is 27.9 Å². The predicted molar refractivity (Wildman–Crippen MR) is 137 cm³/mol. The van der Waals surface area contributed by atoms with E-state index in [1.807, 2.05) is 35.9 Å². The molecule has 0 unspecified atom stereocenters. The molecule has 0 atom stereocenters. The Hall–Kier alpha value is -2.09. The van der Waals surface area contributed by atoms with Crippen LogP contribution >= 0.6 is 0 Å².